The van der Waals surface area contributed by atoms with Gasteiger partial charge >= 0.3 is 0 Å². The fourth-order valence-electron chi connectivity index (χ4n) is 1.13. The molecule has 1 aromatic rings. The summed E-state index contributed by atoms with van der Waals surface area (Å²) in [5.74, 6) is 0. The molecule has 0 atom stereocenters. The average Bonchev–Trinajstić information content (AvgIpc) is 2.23. The molecule has 0 spiro atoms. The largest absolute Gasteiger partial charge is 0.328 e. The monoisotopic (exact) mass is 204 g/mol. The quantitative estimate of drug-likeness (QED) is 0.347. The Morgan fingerprint density at radius 3 is 3.20 bits per heavy atom. The van der Waals surface area contributed by atoms with E-state index in [1.165, 1.54) is 0 Å². The third-order valence-electron chi connectivity index (χ3n) is 1.83. The molecule has 5 heteroatoms. The molecule has 0 aromatic carbocycles. The number of aryl methyl sites for hydroxylation is 1. The van der Waals surface area contributed by atoms with Crippen LogP contribution in [0.2, 0.25) is 0 Å². The number of nitrogens with zero attached hydrogens (tertiary/aromatic N) is 3. The zero-order chi connectivity index (χ0) is 11.1. The predicted octanol–water partition coefficient (Wildman–Crippen LogP) is 2.40. The molecule has 5 nitrogen and oxygen atoms in total. The van der Waals surface area contributed by atoms with Crippen molar-refractivity contribution in [3.63, 3.8) is 0 Å². The van der Waals surface area contributed by atoms with Gasteiger partial charge in [0.25, 0.3) is 5.56 Å². The Labute approximate surface area is 87.1 Å². The lowest BCUT2D eigenvalue weighted by Gasteiger charge is -1.94. The molecule has 0 fully saturated rings. The van der Waals surface area contributed by atoms with Gasteiger partial charge in [-0.2, -0.15) is 0 Å². The van der Waals surface area contributed by atoms with E-state index in [0.29, 0.717) is 18.5 Å². The second kappa shape index (κ2) is 5.67. The van der Waals surface area contributed by atoms with Crippen molar-refractivity contribution in [2.45, 2.75) is 13.3 Å². The summed E-state index contributed by atoms with van der Waals surface area (Å²) in [6.07, 6.45) is 5.86. The maximum Gasteiger partial charge on any atom is 0.255 e. The summed E-state index contributed by atoms with van der Waals surface area (Å²) in [5.41, 5.74) is 9.56. The van der Waals surface area contributed by atoms with E-state index in [1.807, 2.05) is 19.1 Å². The van der Waals surface area contributed by atoms with Crippen LogP contribution in [0.1, 0.15) is 17.5 Å². The Kier molecular flexibility index (Phi) is 4.19. The molecule has 1 aromatic heterocycles. The molecule has 15 heavy (non-hydrogen) atoms. The van der Waals surface area contributed by atoms with Crippen LogP contribution in [0.25, 0.3) is 16.5 Å². The molecular weight excluding hydrogens is 192 g/mol. The van der Waals surface area contributed by atoms with Gasteiger partial charge in [0.15, 0.2) is 0 Å². The summed E-state index contributed by atoms with van der Waals surface area (Å²) in [4.78, 5) is 16.6. The van der Waals surface area contributed by atoms with Crippen LogP contribution >= 0.6 is 0 Å². The second-order valence-electron chi connectivity index (χ2n) is 3.11. The summed E-state index contributed by atoms with van der Waals surface area (Å²) >= 11 is 0. The highest BCUT2D eigenvalue weighted by molar-refractivity contribution is 5.48. The number of hydrogen-bond acceptors (Lipinski definition) is 2. The molecule has 0 aliphatic carbocycles. The average molecular weight is 204 g/mol. The molecule has 0 aliphatic heterocycles. The first kappa shape index (κ1) is 11.1. The molecule has 0 bridgehead atoms. The zero-order valence-electron chi connectivity index (χ0n) is 8.47. The number of azide groups is 1. The fraction of sp³-hybridized carbons (Fsp3) is 0.300. The van der Waals surface area contributed by atoms with Gasteiger partial charge in [-0.25, -0.2) is 0 Å². The molecule has 0 amide bonds. The summed E-state index contributed by atoms with van der Waals surface area (Å²) < 4.78 is 0. The third-order valence-corrected chi connectivity index (χ3v) is 1.83. The molecule has 1 heterocycles. The van der Waals surface area contributed by atoms with E-state index in [-0.39, 0.29) is 5.56 Å². The number of aromatic amines is 1. The molecule has 0 unspecified atom stereocenters. The summed E-state index contributed by atoms with van der Waals surface area (Å²) in [6, 6.07) is 1.81. The van der Waals surface area contributed by atoms with E-state index >= 15 is 0 Å². The van der Waals surface area contributed by atoms with Gasteiger partial charge in [0.2, 0.25) is 0 Å². The Bertz CT molecular complexity index is 455. The molecule has 78 valence electrons. The highest BCUT2D eigenvalue weighted by Gasteiger charge is 1.93. The number of pyridine rings is 1. The van der Waals surface area contributed by atoms with E-state index < -0.39 is 0 Å². The number of rotatable bonds is 4. The lowest BCUT2D eigenvalue weighted by molar-refractivity contribution is 0.995. The first-order chi connectivity index (χ1) is 7.24. The molecule has 1 rings (SSSR count). The van der Waals surface area contributed by atoms with Gasteiger partial charge < -0.3 is 4.98 Å². The van der Waals surface area contributed by atoms with Crippen molar-refractivity contribution in [2.75, 3.05) is 6.54 Å². The standard InChI is InChI=1S/C10H12N4O/c1-8-6-9(10(15)12-7-8)4-2-3-5-13-14-11/h2,4,6-7H,3,5H2,1H3,(H,12,15). The van der Waals surface area contributed by atoms with Crippen LogP contribution in [0.15, 0.2) is 28.2 Å². The van der Waals surface area contributed by atoms with Crippen molar-refractivity contribution in [1.29, 1.82) is 0 Å². The topological polar surface area (TPSA) is 81.6 Å². The minimum absolute atomic E-state index is 0.111. The van der Waals surface area contributed by atoms with E-state index in [2.05, 4.69) is 15.0 Å². The first-order valence-electron chi connectivity index (χ1n) is 4.61. The summed E-state index contributed by atoms with van der Waals surface area (Å²) in [6.45, 7) is 2.32. The van der Waals surface area contributed by atoms with Crippen molar-refractivity contribution in [1.82, 2.24) is 4.98 Å². The lowest BCUT2D eigenvalue weighted by Crippen LogP contribution is -2.08. The first-order valence-corrected chi connectivity index (χ1v) is 4.61. The summed E-state index contributed by atoms with van der Waals surface area (Å²) in [5, 5.41) is 3.39. The summed E-state index contributed by atoms with van der Waals surface area (Å²) in [7, 11) is 0. The molecule has 1 N–H and O–H groups in total. The van der Waals surface area contributed by atoms with E-state index in [9.17, 15) is 4.79 Å². The van der Waals surface area contributed by atoms with Gasteiger partial charge in [0, 0.05) is 23.2 Å². The van der Waals surface area contributed by atoms with E-state index in [4.69, 9.17) is 5.53 Å². The van der Waals surface area contributed by atoms with Gasteiger partial charge in [0.05, 0.1) is 0 Å². The van der Waals surface area contributed by atoms with Crippen molar-refractivity contribution in [3.8, 4) is 0 Å². The predicted molar refractivity (Wildman–Crippen MR) is 59.5 cm³/mol. The zero-order valence-corrected chi connectivity index (χ0v) is 8.47. The van der Waals surface area contributed by atoms with Crippen LogP contribution in [0, 0.1) is 6.92 Å². The Hall–Kier alpha value is -2.00. The molecule has 0 radical (unpaired) electrons. The number of H-pyrrole nitrogens is 1. The van der Waals surface area contributed by atoms with Gasteiger partial charge in [0.1, 0.15) is 0 Å². The molecule has 0 aliphatic rings. The van der Waals surface area contributed by atoms with E-state index in [0.717, 1.165) is 5.56 Å². The van der Waals surface area contributed by atoms with Gasteiger partial charge in [-0.3, -0.25) is 4.79 Å². The van der Waals surface area contributed by atoms with Crippen LogP contribution in [0.4, 0.5) is 0 Å². The van der Waals surface area contributed by atoms with Crippen molar-refractivity contribution < 1.29 is 0 Å². The lowest BCUT2D eigenvalue weighted by atomic mass is 10.2. The van der Waals surface area contributed by atoms with Crippen LogP contribution in [-0.2, 0) is 0 Å². The Morgan fingerprint density at radius 1 is 1.67 bits per heavy atom. The van der Waals surface area contributed by atoms with Gasteiger partial charge in [-0.15, -0.1) is 0 Å². The number of aromatic nitrogens is 1. The van der Waals surface area contributed by atoms with E-state index in [1.54, 1.807) is 12.3 Å². The smallest absolute Gasteiger partial charge is 0.255 e. The Balaban J connectivity index is 2.67. The highest BCUT2D eigenvalue weighted by Crippen LogP contribution is 1.99. The van der Waals surface area contributed by atoms with Gasteiger partial charge in [-0.1, -0.05) is 17.3 Å². The maximum atomic E-state index is 11.3. The van der Waals surface area contributed by atoms with Crippen LogP contribution in [0.3, 0.4) is 0 Å². The normalized spacial score (nSPS) is 10.2. The van der Waals surface area contributed by atoms with Crippen molar-refractivity contribution in [3.05, 3.63) is 50.3 Å². The maximum absolute atomic E-state index is 11.3. The van der Waals surface area contributed by atoms with Crippen LogP contribution < -0.4 is 5.56 Å². The highest BCUT2D eigenvalue weighted by atomic mass is 16.1. The SMILES string of the molecule is Cc1c[nH]c(=O)c(C=CCCN=[N+]=[N-])c1. The van der Waals surface area contributed by atoms with Gasteiger partial charge in [-0.05, 0) is 30.5 Å². The minimum atomic E-state index is -0.111. The Morgan fingerprint density at radius 2 is 2.47 bits per heavy atom. The minimum Gasteiger partial charge on any atom is -0.328 e. The second-order valence-corrected chi connectivity index (χ2v) is 3.11. The number of nitrogens with one attached hydrogen (secondary N) is 1. The number of hydrogen-bond donors (Lipinski definition) is 1. The van der Waals surface area contributed by atoms with Crippen molar-refractivity contribution >= 4 is 6.08 Å². The fourth-order valence-corrected chi connectivity index (χ4v) is 1.13. The van der Waals surface area contributed by atoms with Crippen molar-refractivity contribution in [2.24, 2.45) is 5.11 Å². The van der Waals surface area contributed by atoms with Crippen LogP contribution in [0.5, 0.6) is 0 Å². The molecular formula is C10H12N4O. The van der Waals surface area contributed by atoms with Crippen LogP contribution in [-0.4, -0.2) is 11.5 Å². The molecule has 0 saturated heterocycles. The molecule has 0 saturated carbocycles. The third kappa shape index (κ3) is 3.70.